The van der Waals surface area contributed by atoms with Crippen molar-refractivity contribution in [3.05, 3.63) is 46.5 Å². The van der Waals surface area contributed by atoms with Gasteiger partial charge in [-0.1, -0.05) is 39.0 Å². The number of benzene rings is 1. The van der Waals surface area contributed by atoms with Crippen molar-refractivity contribution in [1.82, 2.24) is 4.98 Å². The number of alkyl halides is 3. The SMILES string of the molecule is CC(C)(C)c1csc(NN=Cc2ccccc2C(F)(F)F)n1. The predicted octanol–water partition coefficient (Wildman–Crippen LogP) is 4.91. The van der Waals surface area contributed by atoms with Gasteiger partial charge in [0, 0.05) is 16.4 Å². The molecule has 1 heterocycles. The Hall–Kier alpha value is -1.89. The average Bonchev–Trinajstić information content (AvgIpc) is 2.87. The summed E-state index contributed by atoms with van der Waals surface area (Å²) in [6.07, 6.45) is -3.25. The van der Waals surface area contributed by atoms with Crippen LogP contribution in [0, 0.1) is 0 Å². The van der Waals surface area contributed by atoms with Crippen molar-refractivity contribution in [2.24, 2.45) is 5.10 Å². The Bertz CT molecular complexity index is 669. The van der Waals surface area contributed by atoms with Crippen LogP contribution >= 0.6 is 11.3 Å². The molecule has 0 saturated carbocycles. The maximum absolute atomic E-state index is 12.8. The Morgan fingerprint density at radius 3 is 2.45 bits per heavy atom. The third kappa shape index (κ3) is 4.07. The Morgan fingerprint density at radius 2 is 1.86 bits per heavy atom. The normalized spacial score (nSPS) is 12.8. The van der Waals surface area contributed by atoms with Gasteiger partial charge in [-0.2, -0.15) is 18.3 Å². The highest BCUT2D eigenvalue weighted by molar-refractivity contribution is 7.13. The highest BCUT2D eigenvalue weighted by Crippen LogP contribution is 2.31. The summed E-state index contributed by atoms with van der Waals surface area (Å²) < 4.78 is 38.5. The molecule has 2 rings (SSSR count). The smallest absolute Gasteiger partial charge is 0.253 e. The summed E-state index contributed by atoms with van der Waals surface area (Å²) in [7, 11) is 0. The van der Waals surface area contributed by atoms with Gasteiger partial charge in [0.15, 0.2) is 0 Å². The number of halogens is 3. The molecule has 0 unspecified atom stereocenters. The average molecular weight is 327 g/mol. The third-order valence-electron chi connectivity index (χ3n) is 2.90. The van der Waals surface area contributed by atoms with Gasteiger partial charge in [0.1, 0.15) is 0 Å². The molecule has 7 heteroatoms. The van der Waals surface area contributed by atoms with Crippen molar-refractivity contribution in [2.45, 2.75) is 32.4 Å². The topological polar surface area (TPSA) is 37.3 Å². The molecule has 2 aromatic rings. The van der Waals surface area contributed by atoms with Crippen LogP contribution in [0.4, 0.5) is 18.3 Å². The van der Waals surface area contributed by atoms with Crippen LogP contribution in [-0.2, 0) is 11.6 Å². The van der Waals surface area contributed by atoms with Gasteiger partial charge in [-0.05, 0) is 6.07 Å². The second-order valence-corrected chi connectivity index (χ2v) is 6.60. The summed E-state index contributed by atoms with van der Waals surface area (Å²) in [5, 5.41) is 6.31. The van der Waals surface area contributed by atoms with Crippen molar-refractivity contribution in [2.75, 3.05) is 5.43 Å². The minimum absolute atomic E-state index is 0.00935. The number of thiazole rings is 1. The fourth-order valence-electron chi connectivity index (χ4n) is 1.69. The second-order valence-electron chi connectivity index (χ2n) is 5.74. The quantitative estimate of drug-likeness (QED) is 0.643. The van der Waals surface area contributed by atoms with Gasteiger partial charge < -0.3 is 0 Å². The van der Waals surface area contributed by atoms with E-state index in [1.165, 1.54) is 29.5 Å². The van der Waals surface area contributed by atoms with E-state index in [0.29, 0.717) is 5.13 Å². The first-order valence-electron chi connectivity index (χ1n) is 6.59. The fourth-order valence-corrected chi connectivity index (χ4v) is 2.58. The van der Waals surface area contributed by atoms with Crippen molar-refractivity contribution in [3.63, 3.8) is 0 Å². The first-order valence-corrected chi connectivity index (χ1v) is 7.47. The highest BCUT2D eigenvalue weighted by Gasteiger charge is 2.32. The molecule has 0 bridgehead atoms. The summed E-state index contributed by atoms with van der Waals surface area (Å²) in [4.78, 5) is 4.36. The van der Waals surface area contributed by atoms with Gasteiger partial charge in [0.25, 0.3) is 0 Å². The molecular formula is C15H16F3N3S. The molecule has 0 atom stereocenters. The number of hydrogen-bond donors (Lipinski definition) is 1. The van der Waals surface area contributed by atoms with Gasteiger partial charge in [-0.25, -0.2) is 4.98 Å². The van der Waals surface area contributed by atoms with Crippen molar-refractivity contribution < 1.29 is 13.2 Å². The van der Waals surface area contributed by atoms with Crippen LogP contribution in [0.25, 0.3) is 0 Å². The molecule has 0 fully saturated rings. The van der Waals surface area contributed by atoms with Crippen LogP contribution in [0.2, 0.25) is 0 Å². The summed E-state index contributed by atoms with van der Waals surface area (Å²) in [6, 6.07) is 5.29. The first kappa shape index (κ1) is 16.5. The lowest BCUT2D eigenvalue weighted by Gasteiger charge is -2.13. The molecule has 0 aliphatic rings. The molecule has 1 aromatic carbocycles. The van der Waals surface area contributed by atoms with Crippen LogP contribution < -0.4 is 5.43 Å². The highest BCUT2D eigenvalue weighted by atomic mass is 32.1. The summed E-state index contributed by atoms with van der Waals surface area (Å²) in [5.74, 6) is 0. The maximum Gasteiger partial charge on any atom is 0.417 e. The molecule has 118 valence electrons. The predicted molar refractivity (Wildman–Crippen MR) is 83.5 cm³/mol. The third-order valence-corrected chi connectivity index (χ3v) is 3.65. The van der Waals surface area contributed by atoms with Crippen LogP contribution in [0.3, 0.4) is 0 Å². The summed E-state index contributed by atoms with van der Waals surface area (Å²) in [5.41, 5.74) is 2.80. The molecule has 0 amide bonds. The maximum atomic E-state index is 12.8. The van der Waals surface area contributed by atoms with Crippen molar-refractivity contribution in [1.29, 1.82) is 0 Å². The molecule has 0 aliphatic carbocycles. The van der Waals surface area contributed by atoms with E-state index in [9.17, 15) is 13.2 Å². The number of nitrogens with zero attached hydrogens (tertiary/aromatic N) is 2. The zero-order chi connectivity index (χ0) is 16.4. The van der Waals surface area contributed by atoms with Crippen LogP contribution in [-0.4, -0.2) is 11.2 Å². The molecule has 1 N–H and O–H groups in total. The lowest BCUT2D eigenvalue weighted by molar-refractivity contribution is -0.137. The van der Waals surface area contributed by atoms with E-state index < -0.39 is 11.7 Å². The number of rotatable bonds is 3. The second kappa shape index (κ2) is 6.08. The monoisotopic (exact) mass is 327 g/mol. The zero-order valence-electron chi connectivity index (χ0n) is 12.4. The molecule has 0 aliphatic heterocycles. The summed E-state index contributed by atoms with van der Waals surface area (Å²) >= 11 is 1.36. The van der Waals surface area contributed by atoms with E-state index in [0.717, 1.165) is 18.0 Å². The van der Waals surface area contributed by atoms with E-state index in [4.69, 9.17) is 0 Å². The van der Waals surface area contributed by atoms with Crippen LogP contribution in [0.5, 0.6) is 0 Å². The van der Waals surface area contributed by atoms with Crippen molar-refractivity contribution in [3.8, 4) is 0 Å². The minimum atomic E-state index is -4.40. The van der Waals surface area contributed by atoms with E-state index in [2.05, 4.69) is 15.5 Å². The Labute approximate surface area is 130 Å². The molecule has 0 spiro atoms. The Morgan fingerprint density at radius 1 is 1.18 bits per heavy atom. The van der Waals surface area contributed by atoms with E-state index in [1.54, 1.807) is 0 Å². The van der Waals surface area contributed by atoms with Gasteiger partial charge in [-0.15, -0.1) is 11.3 Å². The molecule has 22 heavy (non-hydrogen) atoms. The minimum Gasteiger partial charge on any atom is -0.253 e. The van der Waals surface area contributed by atoms with E-state index >= 15 is 0 Å². The molecule has 0 radical (unpaired) electrons. The van der Waals surface area contributed by atoms with Gasteiger partial charge in [-0.3, -0.25) is 5.43 Å². The number of nitrogens with one attached hydrogen (secondary N) is 1. The number of anilines is 1. The Kier molecular flexibility index (Phi) is 4.55. The standard InChI is InChI=1S/C15H16F3N3S/c1-14(2,3)12-9-22-13(20-12)21-19-8-10-6-4-5-7-11(10)15(16,17)18/h4-9H,1-3H3,(H,20,21). The summed E-state index contributed by atoms with van der Waals surface area (Å²) in [6.45, 7) is 6.11. The van der Waals surface area contributed by atoms with Gasteiger partial charge >= 0.3 is 6.18 Å². The van der Waals surface area contributed by atoms with E-state index in [-0.39, 0.29) is 11.0 Å². The molecule has 3 nitrogen and oxygen atoms in total. The lowest BCUT2D eigenvalue weighted by atomic mass is 9.93. The Balaban J connectivity index is 2.12. The fraction of sp³-hybridized carbons (Fsp3) is 0.333. The lowest BCUT2D eigenvalue weighted by Crippen LogP contribution is -2.11. The molecule has 1 aromatic heterocycles. The largest absolute Gasteiger partial charge is 0.417 e. The zero-order valence-corrected chi connectivity index (χ0v) is 13.2. The van der Waals surface area contributed by atoms with Crippen molar-refractivity contribution >= 4 is 22.7 Å². The first-order chi connectivity index (χ1) is 10.2. The number of hydrazone groups is 1. The van der Waals surface area contributed by atoms with Gasteiger partial charge in [0.2, 0.25) is 5.13 Å². The van der Waals surface area contributed by atoms with Crippen LogP contribution in [0.15, 0.2) is 34.7 Å². The van der Waals surface area contributed by atoms with E-state index in [1.807, 2.05) is 26.2 Å². The van der Waals surface area contributed by atoms with Gasteiger partial charge in [0.05, 0.1) is 17.5 Å². The molecule has 0 saturated heterocycles. The van der Waals surface area contributed by atoms with Crippen LogP contribution in [0.1, 0.15) is 37.6 Å². The number of aromatic nitrogens is 1. The number of hydrogen-bond acceptors (Lipinski definition) is 4. The molecular weight excluding hydrogens is 311 g/mol.